The molecule has 3 rings (SSSR count). The Hall–Kier alpha value is -1.34. The van der Waals surface area contributed by atoms with Crippen LogP contribution in [0.4, 0.5) is 5.69 Å². The number of nitrogens with one attached hydrogen (secondary N) is 1. The SMILES string of the molecule is Cc1nn(C)cc1CN1CCN(C(=S)Nc2cc(Cl)ccc2Cl)CC1. The van der Waals surface area contributed by atoms with Gasteiger partial charge in [0.25, 0.3) is 0 Å². The first-order valence-corrected chi connectivity index (χ1v) is 9.31. The smallest absolute Gasteiger partial charge is 0.173 e. The third-order valence-electron chi connectivity index (χ3n) is 4.34. The van der Waals surface area contributed by atoms with Crippen molar-refractivity contribution in [2.45, 2.75) is 13.5 Å². The second kappa shape index (κ2) is 7.91. The van der Waals surface area contributed by atoms with Crippen molar-refractivity contribution in [3.05, 3.63) is 45.7 Å². The molecular formula is C17H21Cl2N5S. The lowest BCUT2D eigenvalue weighted by Crippen LogP contribution is -2.49. The van der Waals surface area contributed by atoms with Gasteiger partial charge in [-0.1, -0.05) is 23.2 Å². The number of halogens is 2. The van der Waals surface area contributed by atoms with E-state index in [1.54, 1.807) is 18.2 Å². The Morgan fingerprint density at radius 3 is 2.60 bits per heavy atom. The zero-order valence-corrected chi connectivity index (χ0v) is 16.6. The van der Waals surface area contributed by atoms with Crippen LogP contribution in [0.25, 0.3) is 0 Å². The van der Waals surface area contributed by atoms with Crippen LogP contribution in [-0.4, -0.2) is 50.9 Å². The second-order valence-electron chi connectivity index (χ2n) is 6.23. The van der Waals surface area contributed by atoms with Gasteiger partial charge >= 0.3 is 0 Å². The average molecular weight is 398 g/mol. The zero-order valence-electron chi connectivity index (χ0n) is 14.3. The third kappa shape index (κ3) is 4.64. The third-order valence-corrected chi connectivity index (χ3v) is 5.26. The molecular weight excluding hydrogens is 377 g/mol. The van der Waals surface area contributed by atoms with Crippen LogP contribution in [0.1, 0.15) is 11.3 Å². The summed E-state index contributed by atoms with van der Waals surface area (Å²) in [5.74, 6) is 0. The van der Waals surface area contributed by atoms with Gasteiger partial charge in [0.1, 0.15) is 0 Å². The van der Waals surface area contributed by atoms with Crippen LogP contribution in [0.15, 0.2) is 24.4 Å². The molecule has 0 bridgehead atoms. The van der Waals surface area contributed by atoms with E-state index in [4.69, 9.17) is 35.4 Å². The maximum atomic E-state index is 6.19. The van der Waals surface area contributed by atoms with Crippen LogP contribution in [0.3, 0.4) is 0 Å². The van der Waals surface area contributed by atoms with E-state index >= 15 is 0 Å². The van der Waals surface area contributed by atoms with E-state index in [0.717, 1.165) is 44.1 Å². The van der Waals surface area contributed by atoms with Gasteiger partial charge in [0, 0.05) is 56.6 Å². The molecule has 1 saturated heterocycles. The lowest BCUT2D eigenvalue weighted by atomic mass is 10.2. The Labute approximate surface area is 163 Å². The Balaban J connectivity index is 1.54. The normalized spacial score (nSPS) is 15.4. The predicted molar refractivity (Wildman–Crippen MR) is 107 cm³/mol. The number of rotatable bonds is 3. The van der Waals surface area contributed by atoms with Gasteiger partial charge in [0.05, 0.1) is 16.4 Å². The number of nitrogens with zero attached hydrogens (tertiary/aromatic N) is 4. The predicted octanol–water partition coefficient (Wildman–Crippen LogP) is 3.55. The number of benzene rings is 1. The summed E-state index contributed by atoms with van der Waals surface area (Å²) in [4.78, 5) is 4.59. The van der Waals surface area contributed by atoms with E-state index in [-0.39, 0.29) is 0 Å². The molecule has 0 saturated carbocycles. The summed E-state index contributed by atoms with van der Waals surface area (Å²) in [7, 11) is 1.96. The fraction of sp³-hybridized carbons (Fsp3) is 0.412. The van der Waals surface area contributed by atoms with Crippen LogP contribution in [-0.2, 0) is 13.6 Å². The minimum atomic E-state index is 0.609. The number of aromatic nitrogens is 2. The summed E-state index contributed by atoms with van der Waals surface area (Å²) in [5, 5.41) is 9.54. The molecule has 2 heterocycles. The summed E-state index contributed by atoms with van der Waals surface area (Å²) < 4.78 is 1.87. The molecule has 5 nitrogen and oxygen atoms in total. The van der Waals surface area contributed by atoms with Crippen LogP contribution in [0, 0.1) is 6.92 Å². The summed E-state index contributed by atoms with van der Waals surface area (Å²) in [6.45, 7) is 6.65. The van der Waals surface area contributed by atoms with E-state index in [1.807, 2.05) is 11.7 Å². The van der Waals surface area contributed by atoms with Gasteiger partial charge in [-0.3, -0.25) is 9.58 Å². The molecule has 1 N–H and O–H groups in total. The Morgan fingerprint density at radius 1 is 1.24 bits per heavy atom. The number of anilines is 1. The van der Waals surface area contributed by atoms with Gasteiger partial charge in [-0.15, -0.1) is 0 Å². The number of aryl methyl sites for hydroxylation is 2. The van der Waals surface area contributed by atoms with Crippen LogP contribution in [0.2, 0.25) is 10.0 Å². The van der Waals surface area contributed by atoms with E-state index < -0.39 is 0 Å². The van der Waals surface area contributed by atoms with Gasteiger partial charge in [0.2, 0.25) is 0 Å². The lowest BCUT2D eigenvalue weighted by Gasteiger charge is -2.36. The Kier molecular flexibility index (Phi) is 5.84. The highest BCUT2D eigenvalue weighted by atomic mass is 35.5. The molecule has 0 radical (unpaired) electrons. The molecule has 8 heteroatoms. The summed E-state index contributed by atoms with van der Waals surface area (Å²) in [5.41, 5.74) is 3.12. The molecule has 0 unspecified atom stereocenters. The second-order valence-corrected chi connectivity index (χ2v) is 7.46. The van der Waals surface area contributed by atoms with E-state index in [0.29, 0.717) is 15.2 Å². The summed E-state index contributed by atoms with van der Waals surface area (Å²) in [6, 6.07) is 5.32. The molecule has 1 fully saturated rings. The standard InChI is InChI=1S/C17H21Cl2N5S/c1-12-13(10-22(2)21-12)11-23-5-7-24(8-6-23)17(25)20-16-9-14(18)3-4-15(16)19/h3-4,9-10H,5-8,11H2,1-2H3,(H,20,25). The molecule has 0 amide bonds. The maximum Gasteiger partial charge on any atom is 0.173 e. The first-order valence-electron chi connectivity index (χ1n) is 8.15. The van der Waals surface area contributed by atoms with Gasteiger partial charge < -0.3 is 10.2 Å². The number of hydrogen-bond donors (Lipinski definition) is 1. The molecule has 1 aromatic heterocycles. The first kappa shape index (κ1) is 18.5. The van der Waals surface area contributed by atoms with Gasteiger partial charge in [-0.05, 0) is 37.3 Å². The van der Waals surface area contributed by atoms with E-state index in [1.165, 1.54) is 5.56 Å². The average Bonchev–Trinajstić information content (AvgIpc) is 2.89. The molecule has 1 aromatic carbocycles. The highest BCUT2D eigenvalue weighted by Gasteiger charge is 2.20. The molecule has 25 heavy (non-hydrogen) atoms. The Morgan fingerprint density at radius 2 is 1.96 bits per heavy atom. The minimum Gasteiger partial charge on any atom is -0.346 e. The van der Waals surface area contributed by atoms with Crippen molar-refractivity contribution in [1.82, 2.24) is 19.6 Å². The van der Waals surface area contributed by atoms with Crippen molar-refractivity contribution < 1.29 is 0 Å². The van der Waals surface area contributed by atoms with Crippen LogP contribution >= 0.6 is 35.4 Å². The minimum absolute atomic E-state index is 0.609. The van der Waals surface area contributed by atoms with Crippen molar-refractivity contribution in [2.24, 2.45) is 7.05 Å². The summed E-state index contributed by atoms with van der Waals surface area (Å²) >= 11 is 17.8. The molecule has 0 spiro atoms. The number of piperazine rings is 1. The molecule has 0 atom stereocenters. The van der Waals surface area contributed by atoms with E-state index in [2.05, 4.69) is 33.3 Å². The molecule has 1 aliphatic heterocycles. The quantitative estimate of drug-likeness (QED) is 0.801. The number of thiocarbonyl (C=S) groups is 1. The highest BCUT2D eigenvalue weighted by Crippen LogP contribution is 2.26. The van der Waals surface area contributed by atoms with Gasteiger partial charge in [0.15, 0.2) is 5.11 Å². The molecule has 134 valence electrons. The van der Waals surface area contributed by atoms with Crippen molar-refractivity contribution in [1.29, 1.82) is 0 Å². The molecule has 1 aliphatic rings. The first-order chi connectivity index (χ1) is 11.9. The van der Waals surface area contributed by atoms with Crippen molar-refractivity contribution in [3.8, 4) is 0 Å². The molecule has 2 aromatic rings. The largest absolute Gasteiger partial charge is 0.346 e. The van der Waals surface area contributed by atoms with Crippen molar-refractivity contribution in [3.63, 3.8) is 0 Å². The van der Waals surface area contributed by atoms with Gasteiger partial charge in [-0.25, -0.2) is 0 Å². The fourth-order valence-electron chi connectivity index (χ4n) is 2.94. The molecule has 0 aliphatic carbocycles. The van der Waals surface area contributed by atoms with Crippen molar-refractivity contribution >= 4 is 46.2 Å². The van der Waals surface area contributed by atoms with Crippen molar-refractivity contribution in [2.75, 3.05) is 31.5 Å². The highest BCUT2D eigenvalue weighted by molar-refractivity contribution is 7.80. The van der Waals surface area contributed by atoms with Crippen LogP contribution < -0.4 is 5.32 Å². The monoisotopic (exact) mass is 397 g/mol. The fourth-order valence-corrected chi connectivity index (χ4v) is 3.57. The van der Waals surface area contributed by atoms with Crippen LogP contribution in [0.5, 0.6) is 0 Å². The topological polar surface area (TPSA) is 36.3 Å². The Bertz CT molecular complexity index is 768. The maximum absolute atomic E-state index is 6.19. The lowest BCUT2D eigenvalue weighted by molar-refractivity contribution is 0.176. The zero-order chi connectivity index (χ0) is 18.0. The summed E-state index contributed by atoms with van der Waals surface area (Å²) in [6.07, 6.45) is 2.09. The number of hydrogen-bond acceptors (Lipinski definition) is 3. The van der Waals surface area contributed by atoms with Gasteiger partial charge in [-0.2, -0.15) is 5.10 Å². The van der Waals surface area contributed by atoms with E-state index in [9.17, 15) is 0 Å².